The molecule has 41 heavy (non-hydrogen) atoms. The van der Waals surface area contributed by atoms with Crippen LogP contribution in [0, 0.1) is 5.82 Å². The zero-order chi connectivity index (χ0) is 28.1. The molecule has 0 aliphatic carbocycles. The summed E-state index contributed by atoms with van der Waals surface area (Å²) in [5, 5.41) is 9.87. The van der Waals surface area contributed by atoms with Gasteiger partial charge in [-0.25, -0.2) is 19.2 Å². The summed E-state index contributed by atoms with van der Waals surface area (Å²) in [6.07, 6.45) is 1.07. The maximum Gasteiger partial charge on any atom is 0.335 e. The number of fused-ring (bicyclic) bond motifs is 4. The number of rotatable bonds is 8. The molecule has 4 heterocycles. The van der Waals surface area contributed by atoms with Crippen LogP contribution in [0.5, 0.6) is 5.75 Å². The Morgan fingerprint density at radius 3 is 2.78 bits per heavy atom. The van der Waals surface area contributed by atoms with Gasteiger partial charge in [0.1, 0.15) is 35.3 Å². The van der Waals surface area contributed by atoms with Gasteiger partial charge in [0.25, 0.3) is 0 Å². The van der Waals surface area contributed by atoms with Crippen LogP contribution < -0.4 is 4.74 Å². The Bertz CT molecular complexity index is 1800. The van der Waals surface area contributed by atoms with Gasteiger partial charge in [0.2, 0.25) is 0 Å². The Hall–Kier alpha value is -3.99. The first-order chi connectivity index (χ1) is 19.9. The summed E-state index contributed by atoms with van der Waals surface area (Å²) in [5.41, 5.74) is 3.96. The zero-order valence-electron chi connectivity index (χ0n) is 22.1. The Kier molecular flexibility index (Phi) is 6.61. The Labute approximate surface area is 239 Å². The van der Waals surface area contributed by atoms with E-state index in [1.807, 2.05) is 18.2 Å². The molecule has 2 aliphatic heterocycles. The van der Waals surface area contributed by atoms with E-state index in [2.05, 4.69) is 14.0 Å². The zero-order valence-corrected chi connectivity index (χ0v) is 22.9. The number of aromatic nitrogens is 4. The van der Waals surface area contributed by atoms with Crippen molar-refractivity contribution < 1.29 is 23.8 Å². The van der Waals surface area contributed by atoms with Crippen molar-refractivity contribution in [1.29, 1.82) is 0 Å². The second-order valence-corrected chi connectivity index (χ2v) is 10.9. The van der Waals surface area contributed by atoms with Crippen molar-refractivity contribution in [2.75, 3.05) is 13.2 Å². The molecule has 0 saturated carbocycles. The van der Waals surface area contributed by atoms with Crippen LogP contribution >= 0.6 is 11.6 Å². The highest BCUT2D eigenvalue weighted by molar-refractivity contribution is 6.30. The summed E-state index contributed by atoms with van der Waals surface area (Å²) in [4.78, 5) is 23.7. The predicted octanol–water partition coefficient (Wildman–Crippen LogP) is 5.26. The number of hydrogen-bond donors (Lipinski definition) is 1. The number of aromatic carboxylic acids is 1. The monoisotopic (exact) mass is 575 g/mol. The first-order valence-electron chi connectivity index (χ1n) is 13.5. The molecule has 1 fully saturated rings. The number of nitrogens with zero attached hydrogens (tertiary/aromatic N) is 5. The molecule has 3 aromatic carbocycles. The highest BCUT2D eigenvalue weighted by atomic mass is 35.5. The van der Waals surface area contributed by atoms with Crippen LogP contribution in [0.25, 0.3) is 22.1 Å². The molecule has 0 bridgehead atoms. The number of benzene rings is 3. The largest absolute Gasteiger partial charge is 0.486 e. The fraction of sp³-hybridized carbons (Fsp3) is 0.300. The molecular weight excluding hydrogens is 549 g/mol. The molecular formula is C30H27ClFN5O4. The van der Waals surface area contributed by atoms with Crippen molar-refractivity contribution in [3.05, 3.63) is 88.2 Å². The molecule has 0 radical (unpaired) electrons. The summed E-state index contributed by atoms with van der Waals surface area (Å²) < 4.78 is 30.3. The molecule has 2 aliphatic rings. The molecule has 1 N–H and O–H groups in total. The first kappa shape index (κ1) is 25.9. The van der Waals surface area contributed by atoms with E-state index in [0.717, 1.165) is 59.8 Å². The molecule has 0 unspecified atom stereocenters. The SMILES string of the molecule is O=C(O)c1ccc2nc(CN3CCn4c(nc5c(OCc6ccc(Cl)cc6F)cccc54)C3)n(C[C@@H]3CCO3)c2c1. The Morgan fingerprint density at radius 2 is 2.00 bits per heavy atom. The number of carbonyl (C=O) groups is 1. The van der Waals surface area contributed by atoms with Crippen LogP contribution in [-0.2, 0) is 37.5 Å². The summed E-state index contributed by atoms with van der Waals surface area (Å²) in [6.45, 7) is 4.20. The third-order valence-electron chi connectivity index (χ3n) is 7.84. The van der Waals surface area contributed by atoms with Gasteiger partial charge in [-0.05, 0) is 48.9 Å². The van der Waals surface area contributed by atoms with Gasteiger partial charge in [-0.15, -0.1) is 0 Å². The van der Waals surface area contributed by atoms with Gasteiger partial charge in [0, 0.05) is 30.3 Å². The minimum atomic E-state index is -0.960. The summed E-state index contributed by atoms with van der Waals surface area (Å²) in [6, 6.07) is 15.4. The molecule has 210 valence electrons. The molecule has 9 nitrogen and oxygen atoms in total. The number of carboxylic acids is 1. The normalized spacial score (nSPS) is 17.1. The third-order valence-corrected chi connectivity index (χ3v) is 8.08. The topological polar surface area (TPSA) is 94.6 Å². The van der Waals surface area contributed by atoms with Crippen LogP contribution in [0.4, 0.5) is 4.39 Å². The number of hydrogen-bond acceptors (Lipinski definition) is 6. The van der Waals surface area contributed by atoms with E-state index in [0.29, 0.717) is 36.0 Å². The molecule has 1 saturated heterocycles. The van der Waals surface area contributed by atoms with Crippen molar-refractivity contribution in [1.82, 2.24) is 24.0 Å². The number of carboxylic acid groups (broad SMARTS) is 1. The van der Waals surface area contributed by atoms with Gasteiger partial charge >= 0.3 is 5.97 Å². The molecule has 5 aromatic rings. The lowest BCUT2D eigenvalue weighted by molar-refractivity contribution is -0.0592. The quantitative estimate of drug-likeness (QED) is 0.270. The van der Waals surface area contributed by atoms with Crippen LogP contribution in [0.3, 0.4) is 0 Å². The van der Waals surface area contributed by atoms with Crippen molar-refractivity contribution in [2.45, 2.75) is 45.3 Å². The lowest BCUT2D eigenvalue weighted by atomic mass is 10.1. The van der Waals surface area contributed by atoms with Crippen LogP contribution in [0.2, 0.25) is 5.02 Å². The maximum absolute atomic E-state index is 14.3. The first-order valence-corrected chi connectivity index (χ1v) is 13.9. The number of halogens is 2. The summed E-state index contributed by atoms with van der Waals surface area (Å²) >= 11 is 5.88. The van der Waals surface area contributed by atoms with E-state index in [1.165, 1.54) is 6.07 Å². The molecule has 7 rings (SSSR count). The standard InChI is InChI=1S/C30H27ClFN5O4/c31-20-6-4-19(22(32)13-20)17-41-26-3-1-2-24-29(26)34-28-16-35(9-10-36(24)28)15-27-33-23-7-5-18(30(38)39)12-25(23)37(27)14-21-8-11-40-21/h1-7,12-13,21H,8-11,14-17H2,(H,38,39)/t21-/m0/s1. The van der Waals surface area contributed by atoms with Crippen molar-refractivity contribution in [3.63, 3.8) is 0 Å². The smallest absolute Gasteiger partial charge is 0.335 e. The van der Waals surface area contributed by atoms with Crippen molar-refractivity contribution in [3.8, 4) is 5.75 Å². The minimum Gasteiger partial charge on any atom is -0.486 e. The third kappa shape index (κ3) is 4.92. The molecule has 2 aromatic heterocycles. The van der Waals surface area contributed by atoms with Gasteiger partial charge in [0.05, 0.1) is 47.9 Å². The Morgan fingerprint density at radius 1 is 1.12 bits per heavy atom. The lowest BCUT2D eigenvalue weighted by Gasteiger charge is -2.30. The van der Waals surface area contributed by atoms with E-state index in [-0.39, 0.29) is 18.3 Å². The fourth-order valence-electron chi connectivity index (χ4n) is 5.57. The second kappa shape index (κ2) is 10.4. The highest BCUT2D eigenvalue weighted by Crippen LogP contribution is 2.30. The number of para-hydroxylation sites is 1. The second-order valence-electron chi connectivity index (χ2n) is 10.5. The van der Waals surface area contributed by atoms with Gasteiger partial charge in [-0.1, -0.05) is 23.7 Å². The van der Waals surface area contributed by atoms with Crippen molar-refractivity contribution >= 4 is 39.6 Å². The minimum absolute atomic E-state index is 0.0704. The molecule has 11 heteroatoms. The molecule has 1 atom stereocenters. The van der Waals surface area contributed by atoms with E-state index >= 15 is 0 Å². The average molecular weight is 576 g/mol. The van der Waals surface area contributed by atoms with Gasteiger partial charge < -0.3 is 23.7 Å². The van der Waals surface area contributed by atoms with Crippen LogP contribution in [0.1, 0.15) is 34.0 Å². The number of ether oxygens (including phenoxy) is 2. The molecule has 0 amide bonds. The van der Waals surface area contributed by atoms with E-state index in [4.69, 9.17) is 31.0 Å². The average Bonchev–Trinajstić information content (AvgIpc) is 3.47. The van der Waals surface area contributed by atoms with Crippen LogP contribution in [0.15, 0.2) is 54.6 Å². The highest BCUT2D eigenvalue weighted by Gasteiger charge is 2.26. The lowest BCUT2D eigenvalue weighted by Crippen LogP contribution is -2.35. The van der Waals surface area contributed by atoms with Crippen LogP contribution in [-0.4, -0.2) is 54.3 Å². The summed E-state index contributed by atoms with van der Waals surface area (Å²) in [5.74, 6) is 1.02. The van der Waals surface area contributed by atoms with Gasteiger partial charge in [0.15, 0.2) is 0 Å². The summed E-state index contributed by atoms with van der Waals surface area (Å²) in [7, 11) is 0. The van der Waals surface area contributed by atoms with Crippen molar-refractivity contribution in [2.24, 2.45) is 0 Å². The van der Waals surface area contributed by atoms with E-state index < -0.39 is 11.8 Å². The van der Waals surface area contributed by atoms with Gasteiger partial charge in [-0.2, -0.15) is 0 Å². The molecule has 0 spiro atoms. The fourth-order valence-corrected chi connectivity index (χ4v) is 5.73. The van der Waals surface area contributed by atoms with Gasteiger partial charge in [-0.3, -0.25) is 4.90 Å². The number of imidazole rings is 2. The Balaban J connectivity index is 1.14. The predicted molar refractivity (Wildman–Crippen MR) is 151 cm³/mol. The van der Waals surface area contributed by atoms with E-state index in [9.17, 15) is 14.3 Å². The van der Waals surface area contributed by atoms with E-state index in [1.54, 1.807) is 30.3 Å². The maximum atomic E-state index is 14.3.